The summed E-state index contributed by atoms with van der Waals surface area (Å²) >= 11 is 11.7. The molecule has 26 heavy (non-hydrogen) atoms. The topological polar surface area (TPSA) is 42.3 Å². The van der Waals surface area contributed by atoms with E-state index in [1.54, 1.807) is 36.4 Å². The van der Waals surface area contributed by atoms with Gasteiger partial charge in [-0.3, -0.25) is 0 Å². The van der Waals surface area contributed by atoms with E-state index in [1.807, 2.05) is 12.1 Å². The molecule has 0 unspecified atom stereocenters. The van der Waals surface area contributed by atoms with Gasteiger partial charge in [0, 0.05) is 22.9 Å². The van der Waals surface area contributed by atoms with Crippen LogP contribution in [0.3, 0.4) is 0 Å². The van der Waals surface area contributed by atoms with Gasteiger partial charge in [-0.1, -0.05) is 47.5 Å². The first kappa shape index (κ1) is 20.9. The Morgan fingerprint density at radius 2 is 1.46 bits per heavy atom. The average Bonchev–Trinajstić information content (AvgIpc) is 2.64. The third-order valence-electron chi connectivity index (χ3n) is 3.74. The number of nitrogens with one attached hydrogen (secondary N) is 1. The number of hydrogen-bond donors (Lipinski definition) is 1. The Kier molecular flexibility index (Phi) is 8.59. The molecule has 0 spiro atoms. The Morgan fingerprint density at radius 3 is 1.96 bits per heavy atom. The third-order valence-corrected chi connectivity index (χ3v) is 4.25. The quantitative estimate of drug-likeness (QED) is 0.453. The highest BCUT2D eigenvalue weighted by Gasteiger charge is 2.26. The molecule has 0 heterocycles. The second-order valence-corrected chi connectivity index (χ2v) is 6.69. The molecule has 2 radical (unpaired) electrons. The van der Waals surface area contributed by atoms with Crippen molar-refractivity contribution in [2.45, 2.75) is 31.3 Å². The van der Waals surface area contributed by atoms with Gasteiger partial charge in [-0.05, 0) is 41.2 Å². The molecule has 0 saturated heterocycles. The van der Waals surface area contributed by atoms with Crippen LogP contribution in [-0.4, -0.2) is 32.9 Å². The Morgan fingerprint density at radius 1 is 0.962 bits per heavy atom. The maximum Gasteiger partial charge on any atom is 0.160 e. The summed E-state index contributed by atoms with van der Waals surface area (Å²) in [6.07, 6.45) is -1.91. The highest BCUT2D eigenvalue weighted by atomic mass is 35.5. The molecule has 2 rings (SSSR count). The molecular formula is C19H19BCl2FNO2. The van der Waals surface area contributed by atoms with Gasteiger partial charge >= 0.3 is 0 Å². The zero-order chi connectivity index (χ0) is 18.9. The summed E-state index contributed by atoms with van der Waals surface area (Å²) in [6, 6.07) is 14.3. The van der Waals surface area contributed by atoms with E-state index < -0.39 is 18.1 Å². The number of ether oxygens (including phenoxy) is 2. The highest BCUT2D eigenvalue weighted by molar-refractivity contribution is 6.30. The van der Waals surface area contributed by atoms with Crippen molar-refractivity contribution in [3.8, 4) is 0 Å². The third kappa shape index (κ3) is 6.73. The SMILES string of the molecule is [B][C@@H](COCc1ccc(Cl)cc1)[C@@H](OCc1ccc(Cl)cc1)[C@H](F)C=N. The molecule has 0 aromatic heterocycles. The molecule has 2 aromatic rings. The van der Waals surface area contributed by atoms with Gasteiger partial charge in [0.15, 0.2) is 6.17 Å². The van der Waals surface area contributed by atoms with E-state index in [4.69, 9.17) is 45.9 Å². The van der Waals surface area contributed by atoms with Gasteiger partial charge in [-0.2, -0.15) is 0 Å². The molecule has 0 aliphatic heterocycles. The lowest BCUT2D eigenvalue weighted by molar-refractivity contribution is -0.0153. The average molecular weight is 394 g/mol. The minimum Gasteiger partial charge on any atom is -0.377 e. The minimum atomic E-state index is -1.61. The second-order valence-electron chi connectivity index (χ2n) is 5.82. The van der Waals surface area contributed by atoms with Gasteiger partial charge < -0.3 is 14.9 Å². The Hall–Kier alpha value is -1.40. The van der Waals surface area contributed by atoms with E-state index in [-0.39, 0.29) is 13.2 Å². The van der Waals surface area contributed by atoms with E-state index in [9.17, 15) is 4.39 Å². The second kappa shape index (κ2) is 10.7. The zero-order valence-electron chi connectivity index (χ0n) is 14.1. The Balaban J connectivity index is 1.86. The standard InChI is InChI=1S/C19H19BCl2FNO2/c20-17(12-25-10-13-1-5-15(21)6-2-13)19(18(23)9-24)26-11-14-3-7-16(22)8-4-14/h1-9,17-19,24H,10-12H2/t17-,18+,19+/m0/s1. The van der Waals surface area contributed by atoms with Crippen LogP contribution in [0.25, 0.3) is 0 Å². The van der Waals surface area contributed by atoms with Crippen molar-refractivity contribution >= 4 is 37.3 Å². The summed E-state index contributed by atoms with van der Waals surface area (Å²) in [5, 5.41) is 8.43. The predicted octanol–water partition coefficient (Wildman–Crippen LogP) is 5.04. The predicted molar refractivity (Wildman–Crippen MR) is 104 cm³/mol. The molecule has 2 aromatic carbocycles. The number of alkyl halides is 1. The molecule has 0 bridgehead atoms. The van der Waals surface area contributed by atoms with Gasteiger partial charge in [0.2, 0.25) is 0 Å². The molecule has 0 amide bonds. The summed E-state index contributed by atoms with van der Waals surface area (Å²) < 4.78 is 25.2. The summed E-state index contributed by atoms with van der Waals surface area (Å²) in [5.74, 6) is -0.716. The molecule has 0 aliphatic carbocycles. The molecule has 7 heteroatoms. The fourth-order valence-electron chi connectivity index (χ4n) is 2.31. The number of hydrogen-bond acceptors (Lipinski definition) is 3. The van der Waals surface area contributed by atoms with E-state index in [0.29, 0.717) is 22.9 Å². The molecule has 136 valence electrons. The van der Waals surface area contributed by atoms with Gasteiger partial charge in [0.25, 0.3) is 0 Å². The maximum atomic E-state index is 14.1. The first-order valence-corrected chi connectivity index (χ1v) is 8.83. The summed E-state index contributed by atoms with van der Waals surface area (Å²) in [6.45, 7) is 0.597. The lowest BCUT2D eigenvalue weighted by Crippen LogP contribution is -2.33. The van der Waals surface area contributed by atoms with Crippen molar-refractivity contribution in [1.82, 2.24) is 0 Å². The monoisotopic (exact) mass is 393 g/mol. The van der Waals surface area contributed by atoms with Crippen molar-refractivity contribution < 1.29 is 13.9 Å². The summed E-state index contributed by atoms with van der Waals surface area (Å²) in [4.78, 5) is 0. The van der Waals surface area contributed by atoms with Gasteiger partial charge in [0.05, 0.1) is 27.2 Å². The normalized spacial score (nSPS) is 14.6. The van der Waals surface area contributed by atoms with Crippen LogP contribution in [0.2, 0.25) is 15.9 Å². The van der Waals surface area contributed by atoms with Crippen molar-refractivity contribution in [3.05, 3.63) is 69.7 Å². The molecule has 0 saturated carbocycles. The van der Waals surface area contributed by atoms with Gasteiger partial charge in [-0.15, -0.1) is 0 Å². The van der Waals surface area contributed by atoms with Crippen LogP contribution in [0.15, 0.2) is 48.5 Å². The largest absolute Gasteiger partial charge is 0.377 e. The van der Waals surface area contributed by atoms with Crippen molar-refractivity contribution in [1.29, 1.82) is 5.41 Å². The first-order chi connectivity index (χ1) is 12.5. The molecule has 0 fully saturated rings. The number of halogens is 3. The first-order valence-electron chi connectivity index (χ1n) is 8.08. The Bertz CT molecular complexity index is 685. The maximum absolute atomic E-state index is 14.1. The van der Waals surface area contributed by atoms with E-state index in [0.717, 1.165) is 11.1 Å². The summed E-state index contributed by atoms with van der Waals surface area (Å²) in [5.41, 5.74) is 1.77. The Labute approximate surface area is 164 Å². The van der Waals surface area contributed by atoms with E-state index in [2.05, 4.69) is 0 Å². The smallest absolute Gasteiger partial charge is 0.160 e. The molecule has 3 atom stereocenters. The van der Waals surface area contributed by atoms with Crippen LogP contribution in [0.4, 0.5) is 4.39 Å². The molecule has 1 N–H and O–H groups in total. The van der Waals surface area contributed by atoms with Crippen LogP contribution in [0.1, 0.15) is 11.1 Å². The van der Waals surface area contributed by atoms with Crippen LogP contribution in [-0.2, 0) is 22.7 Å². The van der Waals surface area contributed by atoms with Crippen molar-refractivity contribution in [3.63, 3.8) is 0 Å². The van der Waals surface area contributed by atoms with Crippen LogP contribution < -0.4 is 0 Å². The zero-order valence-corrected chi connectivity index (χ0v) is 15.6. The van der Waals surface area contributed by atoms with E-state index >= 15 is 0 Å². The van der Waals surface area contributed by atoms with Crippen LogP contribution in [0.5, 0.6) is 0 Å². The molecule has 3 nitrogen and oxygen atoms in total. The summed E-state index contributed by atoms with van der Waals surface area (Å²) in [7, 11) is 6.04. The minimum absolute atomic E-state index is 0.0994. The van der Waals surface area contributed by atoms with Crippen LogP contribution in [0, 0.1) is 5.41 Å². The van der Waals surface area contributed by atoms with Crippen molar-refractivity contribution in [2.75, 3.05) is 6.61 Å². The van der Waals surface area contributed by atoms with Crippen molar-refractivity contribution in [2.24, 2.45) is 0 Å². The lowest BCUT2D eigenvalue weighted by Gasteiger charge is -2.26. The number of rotatable bonds is 10. The highest BCUT2D eigenvalue weighted by Crippen LogP contribution is 2.20. The van der Waals surface area contributed by atoms with E-state index in [1.165, 1.54) is 0 Å². The van der Waals surface area contributed by atoms with Gasteiger partial charge in [0.1, 0.15) is 0 Å². The van der Waals surface area contributed by atoms with Crippen LogP contribution >= 0.6 is 23.2 Å². The van der Waals surface area contributed by atoms with Gasteiger partial charge in [-0.25, -0.2) is 4.39 Å². The molecule has 0 aliphatic rings. The lowest BCUT2D eigenvalue weighted by atomic mass is 9.81. The number of benzene rings is 2. The molecular weight excluding hydrogens is 375 g/mol. The fourth-order valence-corrected chi connectivity index (χ4v) is 2.56. The fraction of sp³-hybridized carbons (Fsp3) is 0.316.